The third kappa shape index (κ3) is 6.33. The third-order valence-corrected chi connectivity index (χ3v) is 6.31. The number of benzene rings is 1. The van der Waals surface area contributed by atoms with Gasteiger partial charge in [-0.05, 0) is 38.8 Å². The molecule has 0 radical (unpaired) electrons. The number of carbonyl (C=O) groups is 1. The van der Waals surface area contributed by atoms with Crippen molar-refractivity contribution < 1.29 is 22.4 Å². The molecule has 0 spiro atoms. The fourth-order valence-electron chi connectivity index (χ4n) is 2.51. The van der Waals surface area contributed by atoms with Crippen LogP contribution in [0.15, 0.2) is 27.8 Å². The van der Waals surface area contributed by atoms with Gasteiger partial charge in [0, 0.05) is 15.6 Å². The molecule has 1 heterocycles. The first-order valence-corrected chi connectivity index (χ1v) is 11.7. The monoisotopic (exact) mass is 477 g/mol. The number of amides is 1. The van der Waals surface area contributed by atoms with Gasteiger partial charge in [-0.2, -0.15) is 0 Å². The normalized spacial score (nSPS) is 14.2. The maximum Gasteiger partial charge on any atom is 0.408 e. The fourth-order valence-corrected chi connectivity index (χ4v) is 4.39. The summed E-state index contributed by atoms with van der Waals surface area (Å²) < 4.78 is 36.3. The van der Waals surface area contributed by atoms with Crippen molar-refractivity contribution >= 4 is 39.1 Å². The van der Waals surface area contributed by atoms with E-state index < -0.39 is 38.5 Å². The maximum atomic E-state index is 12.8. The highest BCUT2D eigenvalue weighted by atomic mass is 35.5. The van der Waals surface area contributed by atoms with Gasteiger partial charge >= 0.3 is 11.3 Å². The third-order valence-electron chi connectivity index (χ3n) is 4.24. The Bertz CT molecular complexity index is 982. The van der Waals surface area contributed by atoms with E-state index in [1.807, 2.05) is 13.8 Å². The van der Waals surface area contributed by atoms with Crippen molar-refractivity contribution in [2.24, 2.45) is 5.92 Å². The van der Waals surface area contributed by atoms with Crippen molar-refractivity contribution in [1.29, 1.82) is 0 Å². The molecule has 0 unspecified atom stereocenters. The molecule has 11 heteroatoms. The van der Waals surface area contributed by atoms with Gasteiger partial charge in [0.25, 0.3) is 0 Å². The Morgan fingerprint density at radius 3 is 2.37 bits per heavy atom. The van der Waals surface area contributed by atoms with Crippen LogP contribution in [0.25, 0.3) is 0 Å². The number of nitrogens with zero attached hydrogens (tertiary/aromatic N) is 2. The molecule has 0 saturated carbocycles. The van der Waals surface area contributed by atoms with Crippen LogP contribution in [0.3, 0.4) is 0 Å². The molecule has 2 atom stereocenters. The van der Waals surface area contributed by atoms with Crippen LogP contribution >= 0.6 is 23.2 Å². The molecular weight excluding hydrogens is 453 g/mol. The van der Waals surface area contributed by atoms with E-state index >= 15 is 0 Å². The van der Waals surface area contributed by atoms with Crippen LogP contribution < -0.4 is 5.32 Å². The van der Waals surface area contributed by atoms with E-state index in [4.69, 9.17) is 32.4 Å². The quantitative estimate of drug-likeness (QED) is 0.599. The van der Waals surface area contributed by atoms with Crippen molar-refractivity contribution in [3.63, 3.8) is 0 Å². The SMILES string of the molecule is CC[C@H](C)[C@H](NC(=O)OC(C)(C)C)c1nnc(S(=O)(=O)Cc2c(Cl)cccc2Cl)o1. The summed E-state index contributed by atoms with van der Waals surface area (Å²) >= 11 is 12.1. The van der Waals surface area contributed by atoms with Crippen LogP contribution in [-0.2, 0) is 20.3 Å². The summed E-state index contributed by atoms with van der Waals surface area (Å²) in [6.45, 7) is 9.00. The Kier molecular flexibility index (Phi) is 7.76. The molecule has 166 valence electrons. The van der Waals surface area contributed by atoms with E-state index in [-0.39, 0.29) is 27.4 Å². The summed E-state index contributed by atoms with van der Waals surface area (Å²) in [6, 6.07) is 3.98. The summed E-state index contributed by atoms with van der Waals surface area (Å²) in [7, 11) is -4.01. The number of aromatic nitrogens is 2. The van der Waals surface area contributed by atoms with E-state index in [2.05, 4.69) is 15.5 Å². The first-order valence-electron chi connectivity index (χ1n) is 9.32. The Hall–Kier alpha value is -1.84. The number of alkyl carbamates (subject to hydrolysis) is 1. The molecule has 1 N–H and O–H groups in total. The van der Waals surface area contributed by atoms with E-state index in [1.54, 1.807) is 39.0 Å². The number of ether oxygens (including phenoxy) is 1. The van der Waals surface area contributed by atoms with Crippen LogP contribution in [-0.4, -0.2) is 30.3 Å². The minimum Gasteiger partial charge on any atom is -0.444 e. The number of hydrogen-bond donors (Lipinski definition) is 1. The van der Waals surface area contributed by atoms with Gasteiger partial charge in [0.15, 0.2) is 0 Å². The van der Waals surface area contributed by atoms with Crippen LogP contribution in [0, 0.1) is 5.92 Å². The maximum absolute atomic E-state index is 12.8. The second kappa shape index (κ2) is 9.53. The largest absolute Gasteiger partial charge is 0.444 e. The van der Waals surface area contributed by atoms with E-state index in [0.717, 1.165) is 0 Å². The second-order valence-corrected chi connectivity index (χ2v) is 10.6. The molecule has 2 aromatic rings. The standard InChI is InChI=1S/C19H25Cl2N3O5S/c1-6-11(2)15(22-17(25)29-19(3,4)5)16-23-24-18(28-16)30(26,27)10-12-13(20)8-7-9-14(12)21/h7-9,11,15H,6,10H2,1-5H3,(H,22,25)/t11-,15-/m0/s1. The summed E-state index contributed by atoms with van der Waals surface area (Å²) in [5.41, 5.74) is -0.451. The van der Waals surface area contributed by atoms with Crippen LogP contribution in [0.5, 0.6) is 0 Å². The number of sulfone groups is 1. The summed E-state index contributed by atoms with van der Waals surface area (Å²) in [4.78, 5) is 12.2. The molecule has 0 aliphatic rings. The Morgan fingerprint density at radius 2 is 1.83 bits per heavy atom. The van der Waals surface area contributed by atoms with Crippen molar-refractivity contribution in [3.8, 4) is 0 Å². The lowest BCUT2D eigenvalue weighted by atomic mass is 9.99. The molecule has 0 aliphatic carbocycles. The summed E-state index contributed by atoms with van der Waals surface area (Å²) in [6.07, 6.45) is -0.00146. The minimum atomic E-state index is -4.01. The van der Waals surface area contributed by atoms with Crippen molar-refractivity contribution in [2.75, 3.05) is 0 Å². The average molecular weight is 478 g/mol. The zero-order valence-electron chi connectivity index (χ0n) is 17.4. The lowest BCUT2D eigenvalue weighted by Gasteiger charge is -2.24. The molecule has 8 nitrogen and oxygen atoms in total. The highest BCUT2D eigenvalue weighted by Gasteiger charge is 2.31. The highest BCUT2D eigenvalue weighted by Crippen LogP contribution is 2.30. The lowest BCUT2D eigenvalue weighted by Crippen LogP contribution is -2.37. The number of halogens is 2. The average Bonchev–Trinajstić information content (AvgIpc) is 3.11. The lowest BCUT2D eigenvalue weighted by molar-refractivity contribution is 0.0473. The Labute approximate surface area is 186 Å². The first kappa shape index (κ1) is 24.4. The van der Waals surface area contributed by atoms with Gasteiger partial charge in [-0.1, -0.05) is 54.6 Å². The zero-order chi connectivity index (χ0) is 22.7. The predicted octanol–water partition coefficient (Wildman–Crippen LogP) is 4.96. The molecule has 30 heavy (non-hydrogen) atoms. The number of nitrogens with one attached hydrogen (secondary N) is 1. The van der Waals surface area contributed by atoms with Crippen LogP contribution in [0.1, 0.15) is 58.5 Å². The summed E-state index contributed by atoms with van der Waals surface area (Å²) in [5.74, 6) is -0.647. The van der Waals surface area contributed by atoms with Gasteiger partial charge < -0.3 is 14.5 Å². The molecule has 0 bridgehead atoms. The Balaban J connectivity index is 2.29. The predicted molar refractivity (Wildman–Crippen MR) is 113 cm³/mol. The van der Waals surface area contributed by atoms with Crippen molar-refractivity contribution in [3.05, 3.63) is 39.7 Å². The smallest absolute Gasteiger partial charge is 0.408 e. The van der Waals surface area contributed by atoms with Crippen molar-refractivity contribution in [2.45, 2.75) is 63.7 Å². The minimum absolute atomic E-state index is 0.0287. The second-order valence-electron chi connectivity index (χ2n) is 7.87. The van der Waals surface area contributed by atoms with Gasteiger partial charge in [-0.25, -0.2) is 13.2 Å². The molecule has 0 saturated heterocycles. The number of hydrogen-bond acceptors (Lipinski definition) is 7. The van der Waals surface area contributed by atoms with Gasteiger partial charge in [0.2, 0.25) is 15.7 Å². The molecule has 2 rings (SSSR count). The van der Waals surface area contributed by atoms with Gasteiger partial charge in [-0.3, -0.25) is 0 Å². The number of carbonyl (C=O) groups excluding carboxylic acids is 1. The van der Waals surface area contributed by atoms with E-state index in [0.29, 0.717) is 6.42 Å². The molecule has 0 aliphatic heterocycles. The molecule has 1 amide bonds. The van der Waals surface area contributed by atoms with E-state index in [1.165, 1.54) is 0 Å². The van der Waals surface area contributed by atoms with Gasteiger partial charge in [-0.15, -0.1) is 5.10 Å². The summed E-state index contributed by atoms with van der Waals surface area (Å²) in [5, 5.41) is 10.1. The molecule has 1 aromatic carbocycles. The topological polar surface area (TPSA) is 111 Å². The van der Waals surface area contributed by atoms with Gasteiger partial charge in [0.1, 0.15) is 11.6 Å². The van der Waals surface area contributed by atoms with E-state index in [9.17, 15) is 13.2 Å². The first-order chi connectivity index (χ1) is 13.8. The van der Waals surface area contributed by atoms with Gasteiger partial charge in [0.05, 0.1) is 5.75 Å². The number of rotatable bonds is 7. The fraction of sp³-hybridized carbons (Fsp3) is 0.526. The Morgan fingerprint density at radius 1 is 1.23 bits per heavy atom. The van der Waals surface area contributed by atoms with Crippen LogP contribution in [0.4, 0.5) is 4.79 Å². The van der Waals surface area contributed by atoms with Crippen molar-refractivity contribution in [1.82, 2.24) is 15.5 Å². The molecule has 1 aromatic heterocycles. The highest BCUT2D eigenvalue weighted by molar-refractivity contribution is 7.90. The molecule has 0 fully saturated rings. The molecular formula is C19H25Cl2N3O5S. The zero-order valence-corrected chi connectivity index (χ0v) is 19.7. The van der Waals surface area contributed by atoms with Crippen LogP contribution in [0.2, 0.25) is 10.0 Å².